The fourth-order valence-electron chi connectivity index (χ4n) is 3.90. The van der Waals surface area contributed by atoms with Crippen LogP contribution in [0.2, 0.25) is 0 Å². The molecule has 0 spiro atoms. The molecule has 0 bridgehead atoms. The number of nitrogens with one attached hydrogen (secondary N) is 1. The zero-order chi connectivity index (χ0) is 22.4. The molecule has 1 atom stereocenters. The lowest BCUT2D eigenvalue weighted by Crippen LogP contribution is -2.30. The molecule has 0 saturated carbocycles. The first-order valence-electron chi connectivity index (χ1n) is 9.94. The van der Waals surface area contributed by atoms with Crippen LogP contribution >= 0.6 is 0 Å². The molecule has 160 valence electrons. The second-order valence-electron chi connectivity index (χ2n) is 7.43. The van der Waals surface area contributed by atoms with E-state index in [1.165, 1.54) is 12.0 Å². The number of carbonyl (C=O) groups excluding carboxylic acids is 2. The molecule has 2 N–H and O–H groups in total. The van der Waals surface area contributed by atoms with E-state index in [2.05, 4.69) is 9.97 Å². The van der Waals surface area contributed by atoms with Gasteiger partial charge in [-0.3, -0.25) is 14.5 Å². The van der Waals surface area contributed by atoms with Gasteiger partial charge in [-0.1, -0.05) is 24.3 Å². The number of para-hydroxylation sites is 2. The number of nitrogens with zero attached hydrogens (tertiary/aromatic N) is 2. The number of fused-ring (bicyclic) bond motifs is 1. The number of ketones is 1. The molecule has 0 aliphatic carbocycles. The number of aryl methyl sites for hydroxylation is 1. The highest BCUT2D eigenvalue weighted by Crippen LogP contribution is 2.42. The van der Waals surface area contributed by atoms with E-state index in [1.807, 2.05) is 18.2 Å². The molecular formula is C24H19N3O5. The number of rotatable bonds is 4. The number of aromatic amines is 1. The van der Waals surface area contributed by atoms with E-state index in [9.17, 15) is 14.7 Å². The van der Waals surface area contributed by atoms with Crippen LogP contribution in [-0.4, -0.2) is 33.9 Å². The predicted molar refractivity (Wildman–Crippen MR) is 117 cm³/mol. The van der Waals surface area contributed by atoms with Gasteiger partial charge in [0, 0.05) is 5.56 Å². The van der Waals surface area contributed by atoms with Gasteiger partial charge in [-0.05, 0) is 43.3 Å². The number of aliphatic hydroxyl groups excluding tert-OH is 1. The van der Waals surface area contributed by atoms with E-state index < -0.39 is 17.7 Å². The zero-order valence-corrected chi connectivity index (χ0v) is 17.3. The van der Waals surface area contributed by atoms with Gasteiger partial charge in [0.2, 0.25) is 5.95 Å². The zero-order valence-electron chi connectivity index (χ0n) is 17.3. The standard InChI is InChI=1S/C24H19N3O5/c1-13-10-11-18(32-13)20-19(21(28)14-6-5-7-15(12-14)31-2)22(29)23(30)27(20)24-25-16-8-3-4-9-17(16)26-24/h3-12,20,28H,1-2H3,(H,25,26)/b21-19+. The molecule has 4 aromatic rings. The minimum atomic E-state index is -0.990. The lowest BCUT2D eigenvalue weighted by Gasteiger charge is -2.20. The summed E-state index contributed by atoms with van der Waals surface area (Å²) < 4.78 is 11.0. The number of carbonyl (C=O) groups is 2. The number of amides is 1. The highest BCUT2D eigenvalue weighted by Gasteiger charge is 2.49. The number of benzene rings is 2. The van der Waals surface area contributed by atoms with Crippen molar-refractivity contribution in [1.29, 1.82) is 0 Å². The van der Waals surface area contributed by atoms with Crippen molar-refractivity contribution in [3.63, 3.8) is 0 Å². The molecule has 1 aliphatic rings. The molecule has 32 heavy (non-hydrogen) atoms. The Balaban J connectivity index is 1.72. The Bertz CT molecular complexity index is 1360. The molecule has 2 aromatic heterocycles. The van der Waals surface area contributed by atoms with Crippen molar-refractivity contribution in [1.82, 2.24) is 9.97 Å². The number of aliphatic hydroxyl groups is 1. The minimum Gasteiger partial charge on any atom is -0.507 e. The molecule has 8 heteroatoms. The van der Waals surface area contributed by atoms with Crippen LogP contribution in [0.1, 0.15) is 23.1 Å². The number of Topliss-reactive ketones (excluding diaryl/α,β-unsaturated/α-hetero) is 1. The van der Waals surface area contributed by atoms with E-state index >= 15 is 0 Å². The van der Waals surface area contributed by atoms with Crippen LogP contribution < -0.4 is 9.64 Å². The highest BCUT2D eigenvalue weighted by molar-refractivity contribution is 6.51. The van der Waals surface area contributed by atoms with Crippen LogP contribution in [0.25, 0.3) is 16.8 Å². The number of H-pyrrole nitrogens is 1. The summed E-state index contributed by atoms with van der Waals surface area (Å²) in [5.74, 6) is -0.316. The van der Waals surface area contributed by atoms with Crippen LogP contribution in [0.5, 0.6) is 5.75 Å². The van der Waals surface area contributed by atoms with Gasteiger partial charge < -0.3 is 19.2 Å². The lowest BCUT2D eigenvalue weighted by molar-refractivity contribution is -0.132. The third kappa shape index (κ3) is 3.04. The molecule has 1 saturated heterocycles. The molecule has 5 rings (SSSR count). The monoisotopic (exact) mass is 429 g/mol. The predicted octanol–water partition coefficient (Wildman–Crippen LogP) is 4.10. The van der Waals surface area contributed by atoms with Gasteiger partial charge in [0.05, 0.1) is 23.7 Å². The Morgan fingerprint density at radius 3 is 2.66 bits per heavy atom. The van der Waals surface area contributed by atoms with Gasteiger partial charge in [0.25, 0.3) is 5.78 Å². The first-order chi connectivity index (χ1) is 15.5. The SMILES string of the molecule is COc1cccc(/C(O)=C2\C(=O)C(=O)N(c3nc4ccccc4[nH]3)C2c2ccc(C)o2)c1. The third-order valence-corrected chi connectivity index (χ3v) is 5.42. The summed E-state index contributed by atoms with van der Waals surface area (Å²) in [6.45, 7) is 1.76. The fourth-order valence-corrected chi connectivity index (χ4v) is 3.90. The molecule has 1 fully saturated rings. The van der Waals surface area contributed by atoms with Gasteiger partial charge in [-0.15, -0.1) is 0 Å². The van der Waals surface area contributed by atoms with Crippen molar-refractivity contribution in [2.75, 3.05) is 12.0 Å². The topological polar surface area (TPSA) is 109 Å². The molecule has 1 unspecified atom stereocenters. The number of hydrogen-bond acceptors (Lipinski definition) is 6. The molecular weight excluding hydrogens is 410 g/mol. The van der Waals surface area contributed by atoms with Crippen LogP contribution in [0, 0.1) is 6.92 Å². The smallest absolute Gasteiger partial charge is 0.302 e. The number of anilines is 1. The fraction of sp³-hybridized carbons (Fsp3) is 0.125. The first kappa shape index (κ1) is 19.6. The summed E-state index contributed by atoms with van der Waals surface area (Å²) >= 11 is 0. The maximum absolute atomic E-state index is 13.1. The second kappa shape index (κ2) is 7.42. The van der Waals surface area contributed by atoms with E-state index in [1.54, 1.807) is 49.4 Å². The molecule has 1 aliphatic heterocycles. The van der Waals surface area contributed by atoms with E-state index in [4.69, 9.17) is 9.15 Å². The second-order valence-corrected chi connectivity index (χ2v) is 7.43. The minimum absolute atomic E-state index is 0.0851. The number of ether oxygens (including phenoxy) is 1. The van der Waals surface area contributed by atoms with Crippen LogP contribution in [0.3, 0.4) is 0 Å². The van der Waals surface area contributed by atoms with Crippen molar-refractivity contribution in [2.45, 2.75) is 13.0 Å². The van der Waals surface area contributed by atoms with Crippen molar-refractivity contribution in [3.05, 3.63) is 83.3 Å². The first-order valence-corrected chi connectivity index (χ1v) is 9.94. The normalized spacial score (nSPS) is 17.9. The summed E-state index contributed by atoms with van der Waals surface area (Å²) in [6.07, 6.45) is 0. The Hall–Kier alpha value is -4.33. The van der Waals surface area contributed by atoms with Gasteiger partial charge >= 0.3 is 5.91 Å². The molecule has 2 aromatic carbocycles. The molecule has 0 radical (unpaired) electrons. The summed E-state index contributed by atoms with van der Waals surface area (Å²) in [5, 5.41) is 11.1. The largest absolute Gasteiger partial charge is 0.507 e. The summed E-state index contributed by atoms with van der Waals surface area (Å²) in [4.78, 5) is 35.1. The Morgan fingerprint density at radius 1 is 1.12 bits per heavy atom. The lowest BCUT2D eigenvalue weighted by atomic mass is 9.99. The average Bonchev–Trinajstić information content (AvgIpc) is 3.49. The van der Waals surface area contributed by atoms with Gasteiger partial charge in [-0.2, -0.15) is 0 Å². The van der Waals surface area contributed by atoms with E-state index in [0.717, 1.165) is 0 Å². The van der Waals surface area contributed by atoms with Crippen molar-refractivity contribution < 1.29 is 23.8 Å². The Morgan fingerprint density at radius 2 is 1.94 bits per heavy atom. The highest BCUT2D eigenvalue weighted by atomic mass is 16.5. The average molecular weight is 429 g/mol. The summed E-state index contributed by atoms with van der Waals surface area (Å²) in [5.41, 5.74) is 1.62. The number of aromatic nitrogens is 2. The van der Waals surface area contributed by atoms with Gasteiger partial charge in [0.1, 0.15) is 29.1 Å². The quantitative estimate of drug-likeness (QED) is 0.287. The number of furan rings is 1. The Kier molecular flexibility index (Phi) is 4.55. The van der Waals surface area contributed by atoms with Crippen molar-refractivity contribution in [2.24, 2.45) is 0 Å². The summed E-state index contributed by atoms with van der Waals surface area (Å²) in [6, 6.07) is 16.4. The molecule has 8 nitrogen and oxygen atoms in total. The molecule has 1 amide bonds. The Labute approximate surface area is 182 Å². The van der Waals surface area contributed by atoms with E-state index in [-0.39, 0.29) is 17.3 Å². The number of methoxy groups -OCH3 is 1. The maximum atomic E-state index is 13.1. The van der Waals surface area contributed by atoms with E-state index in [0.29, 0.717) is 33.9 Å². The number of hydrogen-bond donors (Lipinski definition) is 2. The van der Waals surface area contributed by atoms with Gasteiger partial charge in [0.15, 0.2) is 0 Å². The number of imidazole rings is 1. The third-order valence-electron chi connectivity index (χ3n) is 5.42. The molecule has 3 heterocycles. The van der Waals surface area contributed by atoms with Crippen molar-refractivity contribution >= 4 is 34.4 Å². The maximum Gasteiger partial charge on any atom is 0.302 e. The van der Waals surface area contributed by atoms with Crippen LogP contribution in [-0.2, 0) is 9.59 Å². The van der Waals surface area contributed by atoms with Crippen LogP contribution in [0.4, 0.5) is 5.95 Å². The summed E-state index contributed by atoms with van der Waals surface area (Å²) in [7, 11) is 1.51. The van der Waals surface area contributed by atoms with Gasteiger partial charge in [-0.25, -0.2) is 4.98 Å². The van der Waals surface area contributed by atoms with Crippen molar-refractivity contribution in [3.8, 4) is 5.75 Å². The van der Waals surface area contributed by atoms with Crippen LogP contribution in [0.15, 0.2) is 70.7 Å².